The Morgan fingerprint density at radius 2 is 1.56 bits per heavy atom. The minimum absolute atomic E-state index is 0.0552. The number of carbonyl (C=O) groups excluding carboxylic acids is 2. The molecule has 4 N–H and O–H groups in total. The van der Waals surface area contributed by atoms with Crippen molar-refractivity contribution in [3.63, 3.8) is 0 Å². The highest BCUT2D eigenvalue weighted by Crippen LogP contribution is 2.38. The SMILES string of the molecule is CC(C)C[C@H](CN)CC(=O)OCCCCOC(=O)CC1(CN)CCCCC1. The molecule has 27 heavy (non-hydrogen) atoms. The number of hydrogen-bond donors (Lipinski definition) is 2. The van der Waals surface area contributed by atoms with E-state index in [1.54, 1.807) is 0 Å². The molecule has 0 aromatic heterocycles. The second kappa shape index (κ2) is 13.1. The van der Waals surface area contributed by atoms with E-state index in [4.69, 9.17) is 20.9 Å². The van der Waals surface area contributed by atoms with E-state index < -0.39 is 0 Å². The minimum atomic E-state index is -0.190. The Morgan fingerprint density at radius 3 is 2.07 bits per heavy atom. The summed E-state index contributed by atoms with van der Waals surface area (Å²) >= 11 is 0. The summed E-state index contributed by atoms with van der Waals surface area (Å²) in [5, 5.41) is 0. The summed E-state index contributed by atoms with van der Waals surface area (Å²) in [6.45, 7) is 6.04. The van der Waals surface area contributed by atoms with Gasteiger partial charge in [0.15, 0.2) is 0 Å². The molecule has 1 saturated carbocycles. The lowest BCUT2D eigenvalue weighted by Gasteiger charge is -2.35. The van der Waals surface area contributed by atoms with E-state index in [1.165, 1.54) is 6.42 Å². The van der Waals surface area contributed by atoms with Crippen LogP contribution in [0.2, 0.25) is 0 Å². The fourth-order valence-electron chi connectivity index (χ4n) is 3.91. The molecule has 0 amide bonds. The second-order valence-corrected chi connectivity index (χ2v) is 8.53. The fourth-order valence-corrected chi connectivity index (χ4v) is 3.91. The summed E-state index contributed by atoms with van der Waals surface area (Å²) < 4.78 is 10.6. The van der Waals surface area contributed by atoms with Gasteiger partial charge >= 0.3 is 11.9 Å². The molecule has 1 aliphatic rings. The van der Waals surface area contributed by atoms with Crippen molar-refractivity contribution in [2.75, 3.05) is 26.3 Å². The molecule has 0 radical (unpaired) electrons. The first-order valence-electron chi connectivity index (χ1n) is 10.6. The zero-order chi connectivity index (χ0) is 20.1. The molecular weight excluding hydrogens is 344 g/mol. The summed E-state index contributed by atoms with van der Waals surface area (Å²) in [5.74, 6) is 0.366. The summed E-state index contributed by atoms with van der Waals surface area (Å²) in [7, 11) is 0. The van der Waals surface area contributed by atoms with Crippen LogP contribution in [0.4, 0.5) is 0 Å². The number of unbranched alkanes of at least 4 members (excludes halogenated alkanes) is 1. The minimum Gasteiger partial charge on any atom is -0.466 e. The average molecular weight is 385 g/mol. The molecule has 1 atom stereocenters. The smallest absolute Gasteiger partial charge is 0.306 e. The third-order valence-electron chi connectivity index (χ3n) is 5.52. The van der Waals surface area contributed by atoms with Gasteiger partial charge in [0.05, 0.1) is 19.6 Å². The van der Waals surface area contributed by atoms with Crippen molar-refractivity contribution in [3.05, 3.63) is 0 Å². The zero-order valence-electron chi connectivity index (χ0n) is 17.3. The Morgan fingerprint density at radius 1 is 0.963 bits per heavy atom. The maximum absolute atomic E-state index is 12.1. The van der Waals surface area contributed by atoms with Crippen LogP contribution < -0.4 is 11.5 Å². The van der Waals surface area contributed by atoms with Gasteiger partial charge in [0.1, 0.15) is 0 Å². The topological polar surface area (TPSA) is 105 Å². The Bertz CT molecular complexity index is 434. The van der Waals surface area contributed by atoms with E-state index in [1.807, 2.05) is 0 Å². The number of hydrogen-bond acceptors (Lipinski definition) is 6. The van der Waals surface area contributed by atoms with Crippen LogP contribution in [0, 0.1) is 17.3 Å². The van der Waals surface area contributed by atoms with Crippen LogP contribution in [0.25, 0.3) is 0 Å². The molecular formula is C21H40N2O4. The molecule has 1 aliphatic carbocycles. The van der Waals surface area contributed by atoms with Crippen LogP contribution in [-0.4, -0.2) is 38.2 Å². The molecule has 6 nitrogen and oxygen atoms in total. The van der Waals surface area contributed by atoms with E-state index in [2.05, 4.69) is 13.8 Å². The first kappa shape index (κ1) is 23.9. The van der Waals surface area contributed by atoms with Gasteiger partial charge in [0.25, 0.3) is 0 Å². The number of rotatable bonds is 13. The highest BCUT2D eigenvalue weighted by Gasteiger charge is 2.33. The van der Waals surface area contributed by atoms with Crippen molar-refractivity contribution in [1.82, 2.24) is 0 Å². The van der Waals surface area contributed by atoms with Gasteiger partial charge in [0, 0.05) is 6.42 Å². The van der Waals surface area contributed by atoms with E-state index in [0.717, 1.165) is 32.1 Å². The van der Waals surface area contributed by atoms with Crippen LogP contribution in [-0.2, 0) is 19.1 Å². The normalized spacial score (nSPS) is 17.5. The number of carbonyl (C=O) groups is 2. The summed E-state index contributed by atoms with van der Waals surface area (Å²) in [4.78, 5) is 23.9. The van der Waals surface area contributed by atoms with Crippen molar-refractivity contribution in [2.24, 2.45) is 28.7 Å². The molecule has 0 aliphatic heterocycles. The van der Waals surface area contributed by atoms with Gasteiger partial charge in [-0.3, -0.25) is 9.59 Å². The molecule has 1 fully saturated rings. The maximum atomic E-state index is 12.1. The van der Waals surface area contributed by atoms with Gasteiger partial charge in [0.2, 0.25) is 0 Å². The van der Waals surface area contributed by atoms with Gasteiger partial charge < -0.3 is 20.9 Å². The summed E-state index contributed by atoms with van der Waals surface area (Å²) in [5.41, 5.74) is 11.6. The molecule has 0 bridgehead atoms. The maximum Gasteiger partial charge on any atom is 0.306 e. The second-order valence-electron chi connectivity index (χ2n) is 8.53. The van der Waals surface area contributed by atoms with Gasteiger partial charge in [-0.15, -0.1) is 0 Å². The van der Waals surface area contributed by atoms with Crippen LogP contribution in [0.3, 0.4) is 0 Å². The van der Waals surface area contributed by atoms with Crippen molar-refractivity contribution in [2.45, 2.75) is 78.1 Å². The third-order valence-corrected chi connectivity index (χ3v) is 5.52. The molecule has 0 unspecified atom stereocenters. The van der Waals surface area contributed by atoms with Crippen molar-refractivity contribution < 1.29 is 19.1 Å². The Kier molecular flexibility index (Phi) is 11.6. The van der Waals surface area contributed by atoms with Crippen molar-refractivity contribution >= 4 is 11.9 Å². The van der Waals surface area contributed by atoms with E-state index >= 15 is 0 Å². The van der Waals surface area contributed by atoms with E-state index in [9.17, 15) is 9.59 Å². The standard InChI is InChI=1S/C21H40N2O4/c1-17(2)12-18(15-22)13-19(24)26-10-6-7-11-27-20(25)14-21(16-23)8-4-3-5-9-21/h17-18H,3-16,22-23H2,1-2H3/t18-/m0/s1. The van der Waals surface area contributed by atoms with Gasteiger partial charge in [-0.05, 0) is 62.4 Å². The Hall–Kier alpha value is -1.14. The lowest BCUT2D eigenvalue weighted by molar-refractivity contribution is -0.148. The van der Waals surface area contributed by atoms with Gasteiger partial charge in [-0.2, -0.15) is 0 Å². The fraction of sp³-hybridized carbons (Fsp3) is 0.905. The van der Waals surface area contributed by atoms with Crippen LogP contribution in [0.5, 0.6) is 0 Å². The van der Waals surface area contributed by atoms with Crippen molar-refractivity contribution in [1.29, 1.82) is 0 Å². The quantitative estimate of drug-likeness (QED) is 0.373. The van der Waals surface area contributed by atoms with Crippen molar-refractivity contribution in [3.8, 4) is 0 Å². The number of esters is 2. The lowest BCUT2D eigenvalue weighted by atomic mass is 9.72. The van der Waals surface area contributed by atoms with Crippen LogP contribution in [0.15, 0.2) is 0 Å². The largest absolute Gasteiger partial charge is 0.466 e. The first-order chi connectivity index (χ1) is 12.9. The highest BCUT2D eigenvalue weighted by molar-refractivity contribution is 5.70. The lowest BCUT2D eigenvalue weighted by Crippen LogP contribution is -2.35. The molecule has 1 rings (SSSR count). The molecule has 158 valence electrons. The van der Waals surface area contributed by atoms with Gasteiger partial charge in [-0.1, -0.05) is 33.1 Å². The first-order valence-corrected chi connectivity index (χ1v) is 10.6. The van der Waals surface area contributed by atoms with E-state index in [0.29, 0.717) is 57.9 Å². The molecule has 0 spiro atoms. The number of nitrogens with two attached hydrogens (primary N) is 2. The zero-order valence-corrected chi connectivity index (χ0v) is 17.3. The molecule has 0 aromatic rings. The summed E-state index contributed by atoms with van der Waals surface area (Å²) in [6.07, 6.45) is 8.71. The monoisotopic (exact) mass is 384 g/mol. The van der Waals surface area contributed by atoms with Gasteiger partial charge in [-0.25, -0.2) is 0 Å². The Labute approximate surface area is 164 Å². The highest BCUT2D eigenvalue weighted by atomic mass is 16.5. The number of ether oxygens (including phenoxy) is 2. The average Bonchev–Trinajstić information content (AvgIpc) is 2.64. The molecule has 0 heterocycles. The predicted octanol–water partition coefficient (Wildman–Crippen LogP) is 3.16. The Balaban J connectivity index is 2.10. The van der Waals surface area contributed by atoms with E-state index in [-0.39, 0.29) is 23.3 Å². The molecule has 0 saturated heterocycles. The third kappa shape index (κ3) is 10.1. The predicted molar refractivity (Wildman–Crippen MR) is 107 cm³/mol. The van der Waals surface area contributed by atoms with Crippen LogP contribution >= 0.6 is 0 Å². The molecule has 6 heteroatoms. The van der Waals surface area contributed by atoms with Crippen LogP contribution in [0.1, 0.15) is 78.1 Å². The summed E-state index contributed by atoms with van der Waals surface area (Å²) in [6, 6.07) is 0. The molecule has 0 aromatic carbocycles.